The molecule has 1 heterocycles. The molecular weight excluding hydrogens is 148 g/mol. The van der Waals surface area contributed by atoms with Crippen molar-refractivity contribution in [3.05, 3.63) is 0 Å². The maximum Gasteiger partial charge on any atom is 0.323 e. The van der Waals surface area contributed by atoms with Crippen LogP contribution in [-0.2, 0) is 0 Å². The lowest BCUT2D eigenvalue weighted by molar-refractivity contribution is 0.0447. The molecule has 64 valence electrons. The number of aliphatic hydroxyl groups is 2. The average molecular weight is 160 g/mol. The van der Waals surface area contributed by atoms with Gasteiger partial charge in [0.25, 0.3) is 0 Å². The first-order chi connectivity index (χ1) is 5.29. The van der Waals surface area contributed by atoms with E-state index in [1.807, 2.05) is 0 Å². The summed E-state index contributed by atoms with van der Waals surface area (Å²) in [6.45, 7) is 0.613. The van der Waals surface area contributed by atoms with Crippen molar-refractivity contribution in [2.75, 3.05) is 26.6 Å². The molecule has 1 saturated heterocycles. The molecule has 5 nitrogen and oxygen atoms in total. The third-order valence-corrected chi connectivity index (χ3v) is 1.74. The van der Waals surface area contributed by atoms with E-state index in [-0.39, 0.29) is 19.5 Å². The Kier molecular flexibility index (Phi) is 2.67. The van der Waals surface area contributed by atoms with Crippen LogP contribution in [0.4, 0.5) is 4.79 Å². The minimum atomic E-state index is -0.291. The van der Waals surface area contributed by atoms with Crippen LogP contribution in [0.25, 0.3) is 0 Å². The SMILES string of the molecule is O=C1N(CO)CCCN1CO. The Bertz CT molecular complexity index is 137. The normalized spacial score (nSPS) is 19.3. The predicted octanol–water partition coefficient (Wildman–Crippen LogP) is -0.986. The Labute approximate surface area is 64.8 Å². The molecule has 0 unspecified atom stereocenters. The fraction of sp³-hybridized carbons (Fsp3) is 0.833. The number of amides is 2. The summed E-state index contributed by atoms with van der Waals surface area (Å²) in [5.41, 5.74) is 0. The topological polar surface area (TPSA) is 64.0 Å². The van der Waals surface area contributed by atoms with Gasteiger partial charge in [-0.15, -0.1) is 0 Å². The van der Waals surface area contributed by atoms with E-state index in [4.69, 9.17) is 10.2 Å². The van der Waals surface area contributed by atoms with E-state index in [1.54, 1.807) is 0 Å². The molecule has 2 N–H and O–H groups in total. The lowest BCUT2D eigenvalue weighted by Gasteiger charge is -2.32. The number of rotatable bonds is 2. The summed E-state index contributed by atoms with van der Waals surface area (Å²) < 4.78 is 0. The zero-order valence-corrected chi connectivity index (χ0v) is 6.23. The van der Waals surface area contributed by atoms with Gasteiger partial charge in [-0.1, -0.05) is 0 Å². The Hall–Kier alpha value is -0.810. The van der Waals surface area contributed by atoms with Crippen LogP contribution in [0.3, 0.4) is 0 Å². The second-order valence-electron chi connectivity index (χ2n) is 2.45. The van der Waals surface area contributed by atoms with Crippen molar-refractivity contribution in [2.24, 2.45) is 0 Å². The van der Waals surface area contributed by atoms with Crippen molar-refractivity contribution in [3.63, 3.8) is 0 Å². The Morgan fingerprint density at radius 2 is 1.64 bits per heavy atom. The molecular formula is C6H12N2O3. The number of aliphatic hydroxyl groups excluding tert-OH is 2. The van der Waals surface area contributed by atoms with Gasteiger partial charge in [-0.05, 0) is 6.42 Å². The maximum absolute atomic E-state index is 11.1. The van der Waals surface area contributed by atoms with Crippen molar-refractivity contribution in [3.8, 4) is 0 Å². The lowest BCUT2D eigenvalue weighted by Crippen LogP contribution is -2.49. The fourth-order valence-electron chi connectivity index (χ4n) is 1.11. The van der Waals surface area contributed by atoms with Crippen LogP contribution in [0.15, 0.2) is 0 Å². The van der Waals surface area contributed by atoms with Crippen molar-refractivity contribution in [1.82, 2.24) is 9.80 Å². The van der Waals surface area contributed by atoms with Crippen molar-refractivity contribution in [2.45, 2.75) is 6.42 Å². The lowest BCUT2D eigenvalue weighted by atomic mass is 10.3. The molecule has 5 heteroatoms. The van der Waals surface area contributed by atoms with Gasteiger partial charge in [0.1, 0.15) is 13.5 Å². The van der Waals surface area contributed by atoms with Gasteiger partial charge < -0.3 is 20.0 Å². The van der Waals surface area contributed by atoms with Crippen LogP contribution in [0.5, 0.6) is 0 Å². The van der Waals surface area contributed by atoms with Crippen LogP contribution < -0.4 is 0 Å². The molecule has 1 aliphatic rings. The van der Waals surface area contributed by atoms with Gasteiger partial charge in [0.15, 0.2) is 0 Å². The fourth-order valence-corrected chi connectivity index (χ4v) is 1.11. The molecule has 0 aliphatic carbocycles. The van der Waals surface area contributed by atoms with Gasteiger partial charge in [-0.3, -0.25) is 0 Å². The number of hydrogen-bond acceptors (Lipinski definition) is 3. The van der Waals surface area contributed by atoms with Gasteiger partial charge in [-0.2, -0.15) is 0 Å². The highest BCUT2D eigenvalue weighted by atomic mass is 16.3. The van der Waals surface area contributed by atoms with E-state index in [9.17, 15) is 4.79 Å². The second kappa shape index (κ2) is 3.54. The molecule has 0 bridgehead atoms. The molecule has 1 aliphatic heterocycles. The van der Waals surface area contributed by atoms with Gasteiger partial charge in [0.05, 0.1) is 0 Å². The van der Waals surface area contributed by atoms with Crippen molar-refractivity contribution >= 4 is 6.03 Å². The van der Waals surface area contributed by atoms with E-state index in [2.05, 4.69) is 0 Å². The second-order valence-corrected chi connectivity index (χ2v) is 2.45. The van der Waals surface area contributed by atoms with E-state index in [0.29, 0.717) is 13.1 Å². The van der Waals surface area contributed by atoms with Crippen LogP contribution in [0.2, 0.25) is 0 Å². The molecule has 11 heavy (non-hydrogen) atoms. The Morgan fingerprint density at radius 3 is 2.00 bits per heavy atom. The zero-order chi connectivity index (χ0) is 8.27. The smallest absolute Gasteiger partial charge is 0.323 e. The van der Waals surface area contributed by atoms with Gasteiger partial charge in [0.2, 0.25) is 0 Å². The molecule has 0 atom stereocenters. The van der Waals surface area contributed by atoms with Crippen LogP contribution in [-0.4, -0.2) is 52.6 Å². The number of carbonyl (C=O) groups excluding carboxylic acids is 1. The molecule has 2 amide bonds. The summed E-state index contributed by atoms with van der Waals surface area (Å²) in [6, 6.07) is -0.291. The van der Waals surface area contributed by atoms with Crippen LogP contribution >= 0.6 is 0 Å². The molecule has 0 spiro atoms. The molecule has 0 radical (unpaired) electrons. The zero-order valence-electron chi connectivity index (χ0n) is 6.23. The number of hydrogen-bond donors (Lipinski definition) is 2. The average Bonchev–Trinajstić information content (AvgIpc) is 2.05. The third-order valence-electron chi connectivity index (χ3n) is 1.74. The number of carbonyl (C=O) groups is 1. The number of urea groups is 1. The minimum Gasteiger partial charge on any atom is -0.376 e. The van der Waals surface area contributed by atoms with Crippen molar-refractivity contribution in [1.29, 1.82) is 0 Å². The summed E-state index contributed by atoms with van der Waals surface area (Å²) in [7, 11) is 0. The van der Waals surface area contributed by atoms with Crippen LogP contribution in [0, 0.1) is 0 Å². The van der Waals surface area contributed by atoms with Crippen molar-refractivity contribution < 1.29 is 15.0 Å². The highest BCUT2D eigenvalue weighted by Gasteiger charge is 2.23. The van der Waals surface area contributed by atoms with E-state index in [1.165, 1.54) is 9.80 Å². The first-order valence-electron chi connectivity index (χ1n) is 3.55. The molecule has 0 aromatic heterocycles. The largest absolute Gasteiger partial charge is 0.376 e. The third kappa shape index (κ3) is 1.61. The summed E-state index contributed by atoms with van der Waals surface area (Å²) in [5, 5.41) is 17.3. The van der Waals surface area contributed by atoms with E-state index < -0.39 is 0 Å². The van der Waals surface area contributed by atoms with E-state index in [0.717, 1.165) is 6.42 Å². The van der Waals surface area contributed by atoms with E-state index >= 15 is 0 Å². The van der Waals surface area contributed by atoms with Crippen LogP contribution in [0.1, 0.15) is 6.42 Å². The predicted molar refractivity (Wildman–Crippen MR) is 37.6 cm³/mol. The first-order valence-corrected chi connectivity index (χ1v) is 3.55. The Morgan fingerprint density at radius 1 is 1.18 bits per heavy atom. The summed E-state index contributed by atoms with van der Waals surface area (Å²) in [6.07, 6.45) is 0.798. The van der Waals surface area contributed by atoms with Gasteiger partial charge in [-0.25, -0.2) is 4.79 Å². The quantitative estimate of drug-likeness (QED) is 0.545. The molecule has 1 rings (SSSR count). The van der Waals surface area contributed by atoms with Gasteiger partial charge in [0, 0.05) is 13.1 Å². The first kappa shape index (κ1) is 8.29. The molecule has 0 aromatic rings. The molecule has 1 fully saturated rings. The Balaban J connectivity index is 2.52. The highest BCUT2D eigenvalue weighted by molar-refractivity contribution is 5.74. The molecule has 0 aromatic carbocycles. The number of nitrogens with zero attached hydrogens (tertiary/aromatic N) is 2. The standard InChI is InChI=1S/C6H12N2O3/c9-4-7-2-1-3-8(5-10)6(7)11/h9-10H,1-5H2. The minimum absolute atomic E-state index is 0.269. The summed E-state index contributed by atoms with van der Waals surface area (Å²) in [4.78, 5) is 13.7. The summed E-state index contributed by atoms with van der Waals surface area (Å²) in [5.74, 6) is 0. The molecule has 0 saturated carbocycles. The summed E-state index contributed by atoms with van der Waals surface area (Å²) >= 11 is 0. The van der Waals surface area contributed by atoms with Gasteiger partial charge >= 0.3 is 6.03 Å². The highest BCUT2D eigenvalue weighted by Crippen LogP contribution is 2.06. The maximum atomic E-state index is 11.1. The monoisotopic (exact) mass is 160 g/mol.